The Bertz CT molecular complexity index is 458. The van der Waals surface area contributed by atoms with Crippen molar-refractivity contribution in [1.29, 1.82) is 0 Å². The molecule has 1 atom stereocenters. The first-order valence-corrected chi connectivity index (χ1v) is 8.11. The minimum absolute atomic E-state index is 0.492. The summed E-state index contributed by atoms with van der Waals surface area (Å²) in [5.41, 5.74) is 3.77. The fourth-order valence-electron chi connectivity index (χ4n) is 3.02. The van der Waals surface area contributed by atoms with E-state index in [1.54, 1.807) is 0 Å². The Morgan fingerprint density at radius 3 is 2.86 bits per heavy atom. The van der Waals surface area contributed by atoms with E-state index in [1.807, 2.05) is 6.20 Å². The number of hydrogen-bond acceptors (Lipinski definition) is 4. The van der Waals surface area contributed by atoms with Crippen LogP contribution in [0.25, 0.3) is 0 Å². The molecule has 0 spiro atoms. The van der Waals surface area contributed by atoms with Crippen LogP contribution in [0.1, 0.15) is 38.4 Å². The Kier molecular flexibility index (Phi) is 5.59. The quantitative estimate of drug-likeness (QED) is 0.923. The molecule has 1 N–H and O–H groups in total. The molecule has 118 valence electrons. The Labute approximate surface area is 129 Å². The summed E-state index contributed by atoms with van der Waals surface area (Å²) in [6, 6.07) is 3.28. The van der Waals surface area contributed by atoms with Gasteiger partial charge in [0.05, 0.1) is 0 Å². The number of hydrogen-bond donors (Lipinski definition) is 1. The van der Waals surface area contributed by atoms with Gasteiger partial charge in [-0.15, -0.1) is 0 Å². The van der Waals surface area contributed by atoms with Crippen LogP contribution in [0, 0.1) is 6.92 Å². The van der Waals surface area contributed by atoms with Gasteiger partial charge in [-0.3, -0.25) is 4.98 Å². The molecule has 0 saturated carbocycles. The second-order valence-electron chi connectivity index (χ2n) is 6.65. The highest BCUT2D eigenvalue weighted by molar-refractivity contribution is 5.54. The molecular formula is C17H30N4. The first-order chi connectivity index (χ1) is 9.97. The zero-order valence-electron chi connectivity index (χ0n) is 14.2. The summed E-state index contributed by atoms with van der Waals surface area (Å²) in [6.45, 7) is 13.1. The number of aromatic nitrogens is 1. The van der Waals surface area contributed by atoms with E-state index < -0.39 is 0 Å². The lowest BCUT2D eigenvalue weighted by Gasteiger charge is -2.32. The average molecular weight is 290 g/mol. The zero-order valence-corrected chi connectivity index (χ0v) is 14.2. The van der Waals surface area contributed by atoms with Gasteiger partial charge in [-0.1, -0.05) is 13.8 Å². The molecule has 1 aromatic rings. The van der Waals surface area contributed by atoms with E-state index in [0.29, 0.717) is 12.1 Å². The normalized spacial score (nSPS) is 20.9. The summed E-state index contributed by atoms with van der Waals surface area (Å²) >= 11 is 0. The fraction of sp³-hybridized carbons (Fsp3) is 0.706. The Hall–Kier alpha value is -1.13. The van der Waals surface area contributed by atoms with Gasteiger partial charge in [0.2, 0.25) is 0 Å². The topological polar surface area (TPSA) is 31.4 Å². The second-order valence-corrected chi connectivity index (χ2v) is 6.65. The van der Waals surface area contributed by atoms with Crippen LogP contribution in [-0.4, -0.2) is 48.6 Å². The van der Waals surface area contributed by atoms with Crippen molar-refractivity contribution in [2.45, 2.75) is 52.7 Å². The molecule has 2 rings (SSSR count). The third kappa shape index (κ3) is 4.42. The summed E-state index contributed by atoms with van der Waals surface area (Å²) in [5, 5.41) is 3.52. The lowest BCUT2D eigenvalue weighted by atomic mass is 10.1. The lowest BCUT2D eigenvalue weighted by molar-refractivity contribution is 0.337. The smallest absolute Gasteiger partial charge is 0.0448 e. The van der Waals surface area contributed by atoms with E-state index in [2.05, 4.69) is 60.9 Å². The number of nitrogens with zero attached hydrogens (tertiary/aromatic N) is 3. The van der Waals surface area contributed by atoms with Crippen molar-refractivity contribution in [2.24, 2.45) is 0 Å². The summed E-state index contributed by atoms with van der Waals surface area (Å²) < 4.78 is 0. The predicted molar refractivity (Wildman–Crippen MR) is 89.9 cm³/mol. The number of rotatable bonds is 4. The van der Waals surface area contributed by atoms with Gasteiger partial charge in [0, 0.05) is 54.9 Å². The molecule has 0 amide bonds. The molecule has 2 heterocycles. The highest BCUT2D eigenvalue weighted by Gasteiger charge is 2.22. The lowest BCUT2D eigenvalue weighted by Crippen LogP contribution is -2.39. The van der Waals surface area contributed by atoms with E-state index in [9.17, 15) is 0 Å². The molecule has 4 heteroatoms. The molecular weight excluding hydrogens is 260 g/mol. The highest BCUT2D eigenvalue weighted by atomic mass is 15.2. The molecule has 4 nitrogen and oxygen atoms in total. The number of anilines is 1. The zero-order chi connectivity index (χ0) is 15.4. The monoisotopic (exact) mass is 290 g/mol. The Morgan fingerprint density at radius 1 is 1.38 bits per heavy atom. The van der Waals surface area contributed by atoms with Crippen molar-refractivity contribution >= 4 is 5.69 Å². The Morgan fingerprint density at radius 2 is 2.14 bits per heavy atom. The van der Waals surface area contributed by atoms with Gasteiger partial charge in [0.25, 0.3) is 0 Å². The van der Waals surface area contributed by atoms with Crippen molar-refractivity contribution in [3.8, 4) is 0 Å². The fourth-order valence-corrected chi connectivity index (χ4v) is 3.02. The van der Waals surface area contributed by atoms with Crippen molar-refractivity contribution in [2.75, 3.05) is 31.6 Å². The largest absolute Gasteiger partial charge is 0.367 e. The van der Waals surface area contributed by atoms with Crippen molar-refractivity contribution in [3.05, 3.63) is 23.5 Å². The van der Waals surface area contributed by atoms with E-state index in [0.717, 1.165) is 25.3 Å². The van der Waals surface area contributed by atoms with Gasteiger partial charge in [-0.2, -0.15) is 0 Å². The van der Waals surface area contributed by atoms with Crippen LogP contribution < -0.4 is 10.2 Å². The van der Waals surface area contributed by atoms with Crippen LogP contribution >= 0.6 is 0 Å². The predicted octanol–water partition coefficient (Wildman–Crippen LogP) is 2.42. The van der Waals surface area contributed by atoms with Crippen LogP contribution in [0.5, 0.6) is 0 Å². The van der Waals surface area contributed by atoms with Crippen LogP contribution in [0.3, 0.4) is 0 Å². The highest BCUT2D eigenvalue weighted by Crippen LogP contribution is 2.25. The molecule has 1 fully saturated rings. The number of likely N-dealkylation sites (N-methyl/N-ethyl adjacent to an activating group) is 1. The SMILES string of the molecule is Cc1cc(N2CCCN(C)CC2C)c(CNC(C)C)cn1. The molecule has 1 saturated heterocycles. The van der Waals surface area contributed by atoms with Gasteiger partial charge in [-0.25, -0.2) is 0 Å². The summed E-state index contributed by atoms with van der Waals surface area (Å²) in [7, 11) is 2.22. The van der Waals surface area contributed by atoms with E-state index >= 15 is 0 Å². The minimum Gasteiger partial charge on any atom is -0.367 e. The van der Waals surface area contributed by atoms with Crippen LogP contribution in [0.15, 0.2) is 12.3 Å². The Balaban J connectivity index is 2.25. The second kappa shape index (κ2) is 7.23. The van der Waals surface area contributed by atoms with E-state index in [-0.39, 0.29) is 0 Å². The molecule has 0 aliphatic carbocycles. The average Bonchev–Trinajstić information content (AvgIpc) is 2.57. The van der Waals surface area contributed by atoms with E-state index in [1.165, 1.54) is 24.2 Å². The van der Waals surface area contributed by atoms with Crippen LogP contribution in [-0.2, 0) is 6.54 Å². The number of nitrogens with one attached hydrogen (secondary N) is 1. The van der Waals surface area contributed by atoms with Crippen molar-refractivity contribution in [1.82, 2.24) is 15.2 Å². The standard InChI is InChI=1S/C17H30N4/c1-13(2)18-10-16-11-19-14(3)9-17(16)21-8-6-7-20(5)12-15(21)4/h9,11,13,15,18H,6-8,10,12H2,1-5H3. The van der Waals surface area contributed by atoms with Crippen molar-refractivity contribution in [3.63, 3.8) is 0 Å². The molecule has 0 bridgehead atoms. The van der Waals surface area contributed by atoms with Crippen LogP contribution in [0.4, 0.5) is 5.69 Å². The van der Waals surface area contributed by atoms with E-state index in [4.69, 9.17) is 0 Å². The maximum atomic E-state index is 4.50. The summed E-state index contributed by atoms with van der Waals surface area (Å²) in [4.78, 5) is 9.50. The maximum Gasteiger partial charge on any atom is 0.0448 e. The molecule has 1 aliphatic rings. The van der Waals surface area contributed by atoms with Gasteiger partial charge >= 0.3 is 0 Å². The van der Waals surface area contributed by atoms with Gasteiger partial charge < -0.3 is 15.1 Å². The van der Waals surface area contributed by atoms with Gasteiger partial charge in [-0.05, 0) is 39.9 Å². The molecule has 1 unspecified atom stereocenters. The van der Waals surface area contributed by atoms with Crippen LogP contribution in [0.2, 0.25) is 0 Å². The number of aryl methyl sites for hydroxylation is 1. The third-order valence-electron chi connectivity index (χ3n) is 4.16. The first kappa shape index (κ1) is 16.2. The summed E-state index contributed by atoms with van der Waals surface area (Å²) in [6.07, 6.45) is 3.26. The molecule has 21 heavy (non-hydrogen) atoms. The first-order valence-electron chi connectivity index (χ1n) is 8.11. The van der Waals surface area contributed by atoms with Gasteiger partial charge in [0.15, 0.2) is 0 Å². The summed E-state index contributed by atoms with van der Waals surface area (Å²) in [5.74, 6) is 0. The molecule has 1 aromatic heterocycles. The third-order valence-corrected chi connectivity index (χ3v) is 4.16. The maximum absolute atomic E-state index is 4.50. The minimum atomic E-state index is 0.492. The van der Waals surface area contributed by atoms with Gasteiger partial charge in [0.1, 0.15) is 0 Å². The molecule has 0 aromatic carbocycles. The molecule has 1 aliphatic heterocycles. The molecule has 0 radical (unpaired) electrons. The van der Waals surface area contributed by atoms with Crippen molar-refractivity contribution < 1.29 is 0 Å². The number of pyridine rings is 1.